The molecule has 1 aliphatic rings. The van der Waals surface area contributed by atoms with Crippen molar-refractivity contribution >= 4 is 0 Å². The molecule has 0 spiro atoms. The largest absolute Gasteiger partial charge is 0.491 e. The van der Waals surface area contributed by atoms with E-state index < -0.39 is 0 Å². The van der Waals surface area contributed by atoms with Gasteiger partial charge in [-0.25, -0.2) is 4.98 Å². The maximum atomic E-state index is 9.06. The van der Waals surface area contributed by atoms with Gasteiger partial charge in [-0.3, -0.25) is 0 Å². The van der Waals surface area contributed by atoms with Crippen molar-refractivity contribution in [2.24, 2.45) is 0 Å². The second kappa shape index (κ2) is 5.65. The predicted molar refractivity (Wildman–Crippen MR) is 65.0 cm³/mol. The quantitative estimate of drug-likeness (QED) is 0.862. The van der Waals surface area contributed by atoms with Crippen molar-refractivity contribution in [1.82, 2.24) is 10.3 Å². The summed E-state index contributed by atoms with van der Waals surface area (Å²) in [5.41, 5.74) is 1.40. The minimum absolute atomic E-state index is 0.398. The van der Waals surface area contributed by atoms with Crippen molar-refractivity contribution in [1.29, 1.82) is 5.26 Å². The van der Waals surface area contributed by atoms with E-state index in [1.807, 2.05) is 19.1 Å². The van der Waals surface area contributed by atoms with E-state index in [1.165, 1.54) is 6.42 Å². The fourth-order valence-electron chi connectivity index (χ4n) is 2.15. The maximum absolute atomic E-state index is 9.06. The Balaban J connectivity index is 2.21. The Labute approximate surface area is 102 Å². The second-order valence-corrected chi connectivity index (χ2v) is 4.17. The molecule has 0 aliphatic carbocycles. The summed E-state index contributed by atoms with van der Waals surface area (Å²) in [7, 11) is 0. The number of pyridine rings is 1. The third-order valence-corrected chi connectivity index (χ3v) is 3.00. The molecule has 4 heteroatoms. The van der Waals surface area contributed by atoms with Gasteiger partial charge in [-0.15, -0.1) is 0 Å². The van der Waals surface area contributed by atoms with Crippen LogP contribution in [-0.4, -0.2) is 24.7 Å². The Kier molecular flexibility index (Phi) is 3.94. The first-order valence-electron chi connectivity index (χ1n) is 6.09. The van der Waals surface area contributed by atoms with E-state index >= 15 is 0 Å². The van der Waals surface area contributed by atoms with Crippen LogP contribution >= 0.6 is 0 Å². The normalized spacial score (nSPS) is 19.6. The Hall–Kier alpha value is -1.60. The molecule has 0 saturated carbocycles. The van der Waals surface area contributed by atoms with Gasteiger partial charge in [0, 0.05) is 18.2 Å². The van der Waals surface area contributed by atoms with Crippen molar-refractivity contribution in [3.63, 3.8) is 0 Å². The summed E-state index contributed by atoms with van der Waals surface area (Å²) < 4.78 is 5.37. The highest BCUT2D eigenvalue weighted by atomic mass is 16.5. The molecule has 1 aromatic rings. The molecule has 2 heterocycles. The molecule has 1 unspecified atom stereocenters. The highest BCUT2D eigenvalue weighted by Crippen LogP contribution is 2.25. The van der Waals surface area contributed by atoms with E-state index in [9.17, 15) is 0 Å². The van der Waals surface area contributed by atoms with Crippen molar-refractivity contribution in [3.8, 4) is 11.8 Å². The van der Waals surface area contributed by atoms with Gasteiger partial charge in [0.15, 0.2) is 11.4 Å². The summed E-state index contributed by atoms with van der Waals surface area (Å²) >= 11 is 0. The molecule has 1 saturated heterocycles. The number of hydrogen-bond acceptors (Lipinski definition) is 4. The van der Waals surface area contributed by atoms with Crippen LogP contribution in [0.1, 0.15) is 37.1 Å². The summed E-state index contributed by atoms with van der Waals surface area (Å²) in [6.45, 7) is 4.49. The van der Waals surface area contributed by atoms with Crippen LogP contribution < -0.4 is 10.1 Å². The van der Waals surface area contributed by atoms with E-state index in [1.54, 1.807) is 0 Å². The summed E-state index contributed by atoms with van der Waals surface area (Å²) in [5.74, 6) is 1.01. The average molecular weight is 231 g/mol. The number of nitrogens with one attached hydrogen (secondary N) is 1. The standard InChI is InChI=1S/C13H17N3O/c1-2-17-13-6-5-11(16-12(13)8-14)10-4-3-7-15-9-10/h5-6,10,15H,2-4,7,9H2,1H3. The smallest absolute Gasteiger partial charge is 0.182 e. The summed E-state index contributed by atoms with van der Waals surface area (Å²) in [5, 5.41) is 12.4. The Bertz CT molecular complexity index is 419. The molecule has 1 aliphatic heterocycles. The van der Waals surface area contributed by atoms with E-state index in [2.05, 4.69) is 16.4 Å². The lowest BCUT2D eigenvalue weighted by Gasteiger charge is -2.22. The molecular weight excluding hydrogens is 214 g/mol. The van der Waals surface area contributed by atoms with E-state index in [0.29, 0.717) is 24.0 Å². The van der Waals surface area contributed by atoms with Crippen molar-refractivity contribution in [3.05, 3.63) is 23.5 Å². The van der Waals surface area contributed by atoms with Gasteiger partial charge >= 0.3 is 0 Å². The average Bonchev–Trinajstić information content (AvgIpc) is 2.40. The molecule has 1 fully saturated rings. The molecular formula is C13H17N3O. The fraction of sp³-hybridized carbons (Fsp3) is 0.538. The van der Waals surface area contributed by atoms with Crippen LogP contribution in [-0.2, 0) is 0 Å². The molecule has 4 nitrogen and oxygen atoms in total. The molecule has 0 amide bonds. The van der Waals surface area contributed by atoms with Crippen LogP contribution in [0, 0.1) is 11.3 Å². The zero-order chi connectivity index (χ0) is 12.1. The van der Waals surface area contributed by atoms with Gasteiger partial charge in [-0.2, -0.15) is 5.26 Å². The van der Waals surface area contributed by atoms with Gasteiger partial charge in [0.25, 0.3) is 0 Å². The number of ether oxygens (including phenoxy) is 1. The lowest BCUT2D eigenvalue weighted by molar-refractivity contribution is 0.337. The van der Waals surface area contributed by atoms with Gasteiger partial charge < -0.3 is 10.1 Å². The zero-order valence-corrected chi connectivity index (χ0v) is 10.1. The molecule has 1 atom stereocenters. The van der Waals surface area contributed by atoms with Gasteiger partial charge in [-0.1, -0.05) is 0 Å². The maximum Gasteiger partial charge on any atom is 0.182 e. The van der Waals surface area contributed by atoms with Crippen LogP contribution in [0.2, 0.25) is 0 Å². The topological polar surface area (TPSA) is 57.9 Å². The predicted octanol–water partition coefficient (Wildman–Crippen LogP) is 1.82. The van der Waals surface area contributed by atoms with Crippen LogP contribution in [0.3, 0.4) is 0 Å². The fourth-order valence-corrected chi connectivity index (χ4v) is 2.15. The van der Waals surface area contributed by atoms with Gasteiger partial charge in [0.05, 0.1) is 6.61 Å². The van der Waals surface area contributed by atoms with E-state index in [4.69, 9.17) is 10.00 Å². The summed E-state index contributed by atoms with van der Waals surface area (Å²) in [6, 6.07) is 5.94. The lowest BCUT2D eigenvalue weighted by Crippen LogP contribution is -2.28. The first-order valence-corrected chi connectivity index (χ1v) is 6.09. The minimum atomic E-state index is 0.398. The lowest BCUT2D eigenvalue weighted by atomic mass is 9.95. The third-order valence-electron chi connectivity index (χ3n) is 3.00. The van der Waals surface area contributed by atoms with Crippen LogP contribution in [0.5, 0.6) is 5.75 Å². The SMILES string of the molecule is CCOc1ccc(C2CCCNC2)nc1C#N. The highest BCUT2D eigenvalue weighted by Gasteiger charge is 2.18. The first-order chi connectivity index (χ1) is 8.35. The van der Waals surface area contributed by atoms with Crippen LogP contribution in [0.15, 0.2) is 12.1 Å². The van der Waals surface area contributed by atoms with E-state index in [0.717, 1.165) is 25.2 Å². The zero-order valence-electron chi connectivity index (χ0n) is 10.1. The van der Waals surface area contributed by atoms with Crippen LogP contribution in [0.4, 0.5) is 0 Å². The monoisotopic (exact) mass is 231 g/mol. The second-order valence-electron chi connectivity index (χ2n) is 4.17. The number of aromatic nitrogens is 1. The minimum Gasteiger partial charge on any atom is -0.491 e. The number of rotatable bonds is 3. The molecule has 1 N–H and O–H groups in total. The third kappa shape index (κ3) is 2.75. The van der Waals surface area contributed by atoms with Crippen molar-refractivity contribution in [2.45, 2.75) is 25.7 Å². The number of nitriles is 1. The van der Waals surface area contributed by atoms with Gasteiger partial charge in [0.2, 0.25) is 0 Å². The Morgan fingerprint density at radius 1 is 1.59 bits per heavy atom. The van der Waals surface area contributed by atoms with Crippen LogP contribution in [0.25, 0.3) is 0 Å². The molecule has 17 heavy (non-hydrogen) atoms. The molecule has 90 valence electrons. The molecule has 1 aromatic heterocycles. The van der Waals surface area contributed by atoms with Gasteiger partial charge in [0.1, 0.15) is 6.07 Å². The number of hydrogen-bond donors (Lipinski definition) is 1. The molecule has 0 radical (unpaired) electrons. The molecule has 2 rings (SSSR count). The Morgan fingerprint density at radius 3 is 3.12 bits per heavy atom. The van der Waals surface area contributed by atoms with Crippen molar-refractivity contribution in [2.75, 3.05) is 19.7 Å². The molecule has 0 aromatic carbocycles. The molecule has 0 bridgehead atoms. The number of nitrogens with zero attached hydrogens (tertiary/aromatic N) is 2. The first kappa shape index (κ1) is 11.9. The summed E-state index contributed by atoms with van der Waals surface area (Å²) in [4.78, 5) is 4.41. The number of piperidine rings is 1. The Morgan fingerprint density at radius 2 is 2.47 bits per heavy atom. The summed E-state index contributed by atoms with van der Waals surface area (Å²) in [6.07, 6.45) is 2.31. The van der Waals surface area contributed by atoms with Crippen molar-refractivity contribution < 1.29 is 4.74 Å². The highest BCUT2D eigenvalue weighted by molar-refractivity contribution is 5.39. The van der Waals surface area contributed by atoms with Gasteiger partial charge in [-0.05, 0) is 38.4 Å². The van der Waals surface area contributed by atoms with E-state index in [-0.39, 0.29) is 0 Å².